The van der Waals surface area contributed by atoms with E-state index in [-0.39, 0.29) is 5.91 Å². The van der Waals surface area contributed by atoms with Crippen molar-refractivity contribution in [3.8, 4) is 0 Å². The summed E-state index contributed by atoms with van der Waals surface area (Å²) >= 11 is 8.11. The molecule has 106 valence electrons. The molecule has 0 fully saturated rings. The molecule has 1 rings (SSSR count). The Morgan fingerprint density at radius 3 is 2.37 bits per heavy atom. The molecule has 0 saturated carbocycles. The number of thiol groups is 2. The summed E-state index contributed by atoms with van der Waals surface area (Å²) in [5.74, 6) is 2.79. The first kappa shape index (κ1) is 15.9. The fourth-order valence-corrected chi connectivity index (χ4v) is 1.63. The summed E-state index contributed by atoms with van der Waals surface area (Å²) < 4.78 is 0. The fraction of sp³-hybridized carbons (Fsp3) is 0.545. The van der Waals surface area contributed by atoms with Gasteiger partial charge in [0.25, 0.3) is 0 Å². The summed E-state index contributed by atoms with van der Waals surface area (Å²) in [6.45, 7) is 1.91. The lowest BCUT2D eigenvalue weighted by molar-refractivity contribution is -0.120. The van der Waals surface area contributed by atoms with Gasteiger partial charge < -0.3 is 16.0 Å². The van der Waals surface area contributed by atoms with Crippen LogP contribution in [0.15, 0.2) is 12.4 Å². The third-order valence-electron chi connectivity index (χ3n) is 2.18. The lowest BCUT2D eigenvalue weighted by Gasteiger charge is -2.08. The molecule has 0 unspecified atom stereocenters. The van der Waals surface area contributed by atoms with Crippen LogP contribution in [-0.2, 0) is 4.79 Å². The molecule has 0 aliphatic rings. The molecule has 0 aliphatic heterocycles. The summed E-state index contributed by atoms with van der Waals surface area (Å²) in [6.07, 6.45) is 1.93. The van der Waals surface area contributed by atoms with E-state index in [2.05, 4.69) is 51.2 Å². The Bertz CT molecular complexity index is 391. The number of hydrogen-bond donors (Lipinski definition) is 5. The van der Waals surface area contributed by atoms with Crippen LogP contribution in [-0.4, -0.2) is 47.0 Å². The van der Waals surface area contributed by atoms with Crippen molar-refractivity contribution in [2.24, 2.45) is 0 Å². The third-order valence-corrected chi connectivity index (χ3v) is 2.62. The van der Waals surface area contributed by atoms with Gasteiger partial charge in [-0.05, 0) is 5.75 Å². The monoisotopic (exact) mass is 301 g/mol. The number of nitrogens with one attached hydrogen (secondary N) is 3. The Kier molecular flexibility index (Phi) is 8.15. The fourth-order valence-electron chi connectivity index (χ4n) is 1.32. The SMILES string of the molecule is O=C(CCS)NCCNc1cc(NCCS)ncn1. The van der Waals surface area contributed by atoms with Gasteiger partial charge in [-0.15, -0.1) is 0 Å². The van der Waals surface area contributed by atoms with Crippen LogP contribution >= 0.6 is 25.3 Å². The van der Waals surface area contributed by atoms with E-state index in [1.165, 1.54) is 6.33 Å². The molecule has 0 spiro atoms. The van der Waals surface area contributed by atoms with Crippen molar-refractivity contribution in [2.75, 3.05) is 41.8 Å². The number of nitrogens with zero attached hydrogens (tertiary/aromatic N) is 2. The minimum Gasteiger partial charge on any atom is -0.369 e. The van der Waals surface area contributed by atoms with E-state index in [9.17, 15) is 4.79 Å². The van der Waals surface area contributed by atoms with E-state index in [0.29, 0.717) is 25.3 Å². The van der Waals surface area contributed by atoms with Crippen molar-refractivity contribution < 1.29 is 4.79 Å². The highest BCUT2D eigenvalue weighted by Gasteiger charge is 1.99. The third kappa shape index (κ3) is 7.12. The van der Waals surface area contributed by atoms with Crippen molar-refractivity contribution >= 4 is 42.8 Å². The van der Waals surface area contributed by atoms with Gasteiger partial charge in [-0.3, -0.25) is 4.79 Å². The molecule has 3 N–H and O–H groups in total. The molecule has 0 radical (unpaired) electrons. The first-order chi connectivity index (χ1) is 9.26. The number of rotatable bonds is 9. The topological polar surface area (TPSA) is 78.9 Å². The molecule has 1 aromatic heterocycles. The van der Waals surface area contributed by atoms with Gasteiger partial charge in [0.2, 0.25) is 5.91 Å². The van der Waals surface area contributed by atoms with E-state index in [1.807, 2.05) is 6.07 Å². The molecule has 19 heavy (non-hydrogen) atoms. The quantitative estimate of drug-likeness (QED) is 0.342. The second kappa shape index (κ2) is 9.74. The molecule has 1 heterocycles. The minimum atomic E-state index is 0.00984. The summed E-state index contributed by atoms with van der Waals surface area (Å²) in [6, 6.07) is 1.82. The number of carbonyl (C=O) groups is 1. The van der Waals surface area contributed by atoms with Crippen molar-refractivity contribution in [2.45, 2.75) is 6.42 Å². The van der Waals surface area contributed by atoms with Crippen molar-refractivity contribution in [3.63, 3.8) is 0 Å². The maximum absolute atomic E-state index is 11.2. The van der Waals surface area contributed by atoms with Gasteiger partial charge in [0.1, 0.15) is 18.0 Å². The Morgan fingerprint density at radius 1 is 1.05 bits per heavy atom. The summed E-state index contributed by atoms with van der Waals surface area (Å²) in [5, 5.41) is 9.01. The molecule has 1 aromatic rings. The van der Waals surface area contributed by atoms with Crippen molar-refractivity contribution in [1.29, 1.82) is 0 Å². The smallest absolute Gasteiger partial charge is 0.220 e. The second-order valence-electron chi connectivity index (χ2n) is 3.69. The highest BCUT2D eigenvalue weighted by Crippen LogP contribution is 2.07. The zero-order chi connectivity index (χ0) is 13.9. The zero-order valence-corrected chi connectivity index (χ0v) is 12.4. The number of anilines is 2. The van der Waals surface area contributed by atoms with Crippen LogP contribution in [0.25, 0.3) is 0 Å². The molecule has 0 saturated heterocycles. The van der Waals surface area contributed by atoms with Gasteiger partial charge in [-0.25, -0.2) is 9.97 Å². The van der Waals surface area contributed by atoms with Crippen LogP contribution in [0.3, 0.4) is 0 Å². The van der Waals surface area contributed by atoms with E-state index < -0.39 is 0 Å². The van der Waals surface area contributed by atoms with Crippen molar-refractivity contribution in [1.82, 2.24) is 15.3 Å². The van der Waals surface area contributed by atoms with Gasteiger partial charge in [0, 0.05) is 37.9 Å². The van der Waals surface area contributed by atoms with Crippen LogP contribution in [0.2, 0.25) is 0 Å². The lowest BCUT2D eigenvalue weighted by atomic mass is 10.4. The van der Waals surface area contributed by atoms with Crippen LogP contribution in [0.1, 0.15) is 6.42 Å². The Morgan fingerprint density at radius 2 is 1.74 bits per heavy atom. The molecule has 6 nitrogen and oxygen atoms in total. The van der Waals surface area contributed by atoms with Crippen LogP contribution in [0.4, 0.5) is 11.6 Å². The number of hydrogen-bond acceptors (Lipinski definition) is 7. The highest BCUT2D eigenvalue weighted by atomic mass is 32.1. The minimum absolute atomic E-state index is 0.00984. The second-order valence-corrected chi connectivity index (χ2v) is 4.58. The summed E-state index contributed by atoms with van der Waals surface area (Å²) in [4.78, 5) is 19.4. The Balaban J connectivity index is 2.27. The summed E-state index contributed by atoms with van der Waals surface area (Å²) in [5.41, 5.74) is 0. The molecule has 0 aliphatic carbocycles. The molecular weight excluding hydrogens is 282 g/mol. The predicted octanol–water partition coefficient (Wildman–Crippen LogP) is 0.666. The van der Waals surface area contributed by atoms with Crippen LogP contribution in [0.5, 0.6) is 0 Å². The number of aromatic nitrogens is 2. The lowest BCUT2D eigenvalue weighted by Crippen LogP contribution is -2.28. The first-order valence-electron chi connectivity index (χ1n) is 6.04. The van der Waals surface area contributed by atoms with Gasteiger partial charge in [0.05, 0.1) is 0 Å². The maximum atomic E-state index is 11.2. The molecular formula is C11H19N5OS2. The molecule has 0 atom stereocenters. The van der Waals surface area contributed by atoms with Gasteiger partial charge >= 0.3 is 0 Å². The normalized spacial score (nSPS) is 10.0. The number of carbonyl (C=O) groups excluding carboxylic acids is 1. The molecule has 1 amide bonds. The molecule has 0 bridgehead atoms. The Labute approximate surface area is 124 Å². The van der Waals surface area contributed by atoms with Gasteiger partial charge in [-0.1, -0.05) is 0 Å². The van der Waals surface area contributed by atoms with E-state index >= 15 is 0 Å². The Hall–Kier alpha value is -1.15. The molecule has 8 heteroatoms. The zero-order valence-electron chi connectivity index (χ0n) is 10.6. The largest absolute Gasteiger partial charge is 0.369 e. The van der Waals surface area contributed by atoms with Crippen LogP contribution in [0, 0.1) is 0 Å². The van der Waals surface area contributed by atoms with Crippen LogP contribution < -0.4 is 16.0 Å². The van der Waals surface area contributed by atoms with E-state index in [4.69, 9.17) is 0 Å². The molecule has 0 aromatic carbocycles. The highest BCUT2D eigenvalue weighted by molar-refractivity contribution is 7.80. The predicted molar refractivity (Wildman–Crippen MR) is 84.3 cm³/mol. The van der Waals surface area contributed by atoms with Gasteiger partial charge in [-0.2, -0.15) is 25.3 Å². The van der Waals surface area contributed by atoms with Gasteiger partial charge in [0.15, 0.2) is 0 Å². The number of amides is 1. The summed E-state index contributed by atoms with van der Waals surface area (Å²) in [7, 11) is 0. The standard InChI is InChI=1S/C11H19N5OS2/c17-11(1-5-18)14-3-2-12-9-7-10(13-4-6-19)16-8-15-9/h7-8,18-19H,1-6H2,(H,14,17)(H2,12,13,15,16). The maximum Gasteiger partial charge on any atom is 0.220 e. The first-order valence-corrected chi connectivity index (χ1v) is 7.31. The van der Waals surface area contributed by atoms with Crippen molar-refractivity contribution in [3.05, 3.63) is 12.4 Å². The average Bonchev–Trinajstić information content (AvgIpc) is 2.42. The van der Waals surface area contributed by atoms with E-state index in [1.54, 1.807) is 0 Å². The average molecular weight is 301 g/mol. The van der Waals surface area contributed by atoms with E-state index in [0.717, 1.165) is 23.9 Å².